The Labute approximate surface area is 121 Å². The van der Waals surface area contributed by atoms with E-state index in [4.69, 9.17) is 16.3 Å². The summed E-state index contributed by atoms with van der Waals surface area (Å²) in [4.78, 5) is 12.2. The standard InChI is InChI=1S/C15H13ClFNO2/c1-2-20-13-9-4-3-6-10(13)15(19)18-12-8-5-7-11(16)14(12)17/h3-9H,2H2,1H3,(H,18,19). The molecule has 1 N–H and O–H groups in total. The molecule has 20 heavy (non-hydrogen) atoms. The maximum absolute atomic E-state index is 13.7. The quantitative estimate of drug-likeness (QED) is 0.920. The van der Waals surface area contributed by atoms with Crippen molar-refractivity contribution < 1.29 is 13.9 Å². The summed E-state index contributed by atoms with van der Waals surface area (Å²) in [5.41, 5.74) is 0.377. The van der Waals surface area contributed by atoms with Crippen LogP contribution in [0.3, 0.4) is 0 Å². The number of benzene rings is 2. The van der Waals surface area contributed by atoms with E-state index in [2.05, 4.69) is 5.32 Å². The van der Waals surface area contributed by atoms with Gasteiger partial charge >= 0.3 is 0 Å². The normalized spacial score (nSPS) is 10.2. The van der Waals surface area contributed by atoms with Gasteiger partial charge in [0.1, 0.15) is 5.75 Å². The minimum atomic E-state index is -0.656. The van der Waals surface area contributed by atoms with E-state index in [1.807, 2.05) is 6.92 Å². The highest BCUT2D eigenvalue weighted by atomic mass is 35.5. The van der Waals surface area contributed by atoms with Crippen LogP contribution in [0.25, 0.3) is 0 Å². The lowest BCUT2D eigenvalue weighted by molar-refractivity contribution is 0.102. The second-order valence-corrected chi connectivity index (χ2v) is 4.39. The van der Waals surface area contributed by atoms with Gasteiger partial charge in [-0.15, -0.1) is 0 Å². The highest BCUT2D eigenvalue weighted by molar-refractivity contribution is 6.31. The second-order valence-electron chi connectivity index (χ2n) is 3.98. The molecule has 0 saturated heterocycles. The number of hydrogen-bond acceptors (Lipinski definition) is 2. The molecule has 2 aromatic rings. The monoisotopic (exact) mass is 293 g/mol. The molecule has 0 aliphatic carbocycles. The van der Waals surface area contributed by atoms with E-state index < -0.39 is 11.7 Å². The summed E-state index contributed by atoms with van der Waals surface area (Å²) in [6, 6.07) is 11.2. The number of nitrogens with one attached hydrogen (secondary N) is 1. The van der Waals surface area contributed by atoms with Crippen LogP contribution in [0.15, 0.2) is 42.5 Å². The van der Waals surface area contributed by atoms with Crippen LogP contribution in [-0.2, 0) is 0 Å². The van der Waals surface area contributed by atoms with E-state index in [0.29, 0.717) is 17.9 Å². The first kappa shape index (κ1) is 14.3. The van der Waals surface area contributed by atoms with Gasteiger partial charge in [0, 0.05) is 0 Å². The zero-order valence-electron chi connectivity index (χ0n) is 10.8. The number of amides is 1. The first-order chi connectivity index (χ1) is 9.63. The van der Waals surface area contributed by atoms with Crippen molar-refractivity contribution in [1.29, 1.82) is 0 Å². The SMILES string of the molecule is CCOc1ccccc1C(=O)Nc1cccc(Cl)c1F. The molecule has 0 aromatic heterocycles. The minimum absolute atomic E-state index is 0.0359. The molecule has 0 spiro atoms. The molecule has 104 valence electrons. The van der Waals surface area contributed by atoms with E-state index in [0.717, 1.165) is 0 Å². The van der Waals surface area contributed by atoms with Gasteiger partial charge in [-0.2, -0.15) is 0 Å². The molecule has 3 nitrogen and oxygen atoms in total. The fourth-order valence-corrected chi connectivity index (χ4v) is 1.90. The van der Waals surface area contributed by atoms with Crippen LogP contribution in [0.2, 0.25) is 5.02 Å². The Morgan fingerprint density at radius 1 is 1.25 bits per heavy atom. The molecule has 0 radical (unpaired) electrons. The van der Waals surface area contributed by atoms with Crippen molar-refractivity contribution in [3.63, 3.8) is 0 Å². The summed E-state index contributed by atoms with van der Waals surface area (Å²) in [5, 5.41) is 2.45. The molecule has 0 unspecified atom stereocenters. The highest BCUT2D eigenvalue weighted by Gasteiger charge is 2.14. The second kappa shape index (κ2) is 6.39. The Balaban J connectivity index is 2.26. The fraction of sp³-hybridized carbons (Fsp3) is 0.133. The Kier molecular flexibility index (Phi) is 4.58. The summed E-state index contributed by atoms with van der Waals surface area (Å²) >= 11 is 5.67. The Morgan fingerprint density at radius 2 is 2.00 bits per heavy atom. The summed E-state index contributed by atoms with van der Waals surface area (Å²) in [5.74, 6) is -0.651. The first-order valence-corrected chi connectivity index (χ1v) is 6.48. The van der Waals surface area contributed by atoms with Crippen molar-refractivity contribution in [2.24, 2.45) is 0 Å². The zero-order valence-corrected chi connectivity index (χ0v) is 11.6. The van der Waals surface area contributed by atoms with Gasteiger partial charge in [-0.1, -0.05) is 29.8 Å². The van der Waals surface area contributed by atoms with Crippen LogP contribution < -0.4 is 10.1 Å². The number of rotatable bonds is 4. The number of carbonyl (C=O) groups excluding carboxylic acids is 1. The smallest absolute Gasteiger partial charge is 0.259 e. The fourth-order valence-electron chi connectivity index (χ4n) is 1.73. The van der Waals surface area contributed by atoms with Gasteiger partial charge in [0.15, 0.2) is 5.82 Å². The molecule has 0 fully saturated rings. The van der Waals surface area contributed by atoms with Gasteiger partial charge in [0.2, 0.25) is 0 Å². The number of anilines is 1. The van der Waals surface area contributed by atoms with Crippen LogP contribution in [0.1, 0.15) is 17.3 Å². The molecule has 5 heteroatoms. The van der Waals surface area contributed by atoms with Gasteiger partial charge in [0.05, 0.1) is 22.9 Å². The van der Waals surface area contributed by atoms with Crippen LogP contribution in [0, 0.1) is 5.82 Å². The highest BCUT2D eigenvalue weighted by Crippen LogP contribution is 2.24. The maximum atomic E-state index is 13.7. The summed E-state index contributed by atoms with van der Waals surface area (Å²) < 4.78 is 19.1. The zero-order chi connectivity index (χ0) is 14.5. The predicted molar refractivity (Wildman–Crippen MR) is 77.0 cm³/mol. The van der Waals surface area contributed by atoms with Crippen molar-refractivity contribution in [3.8, 4) is 5.75 Å². The third-order valence-electron chi connectivity index (χ3n) is 2.63. The molecule has 0 heterocycles. The third-order valence-corrected chi connectivity index (χ3v) is 2.92. The number of halogens is 2. The van der Waals surface area contributed by atoms with Crippen LogP contribution in [-0.4, -0.2) is 12.5 Å². The lowest BCUT2D eigenvalue weighted by atomic mass is 10.2. The van der Waals surface area contributed by atoms with E-state index in [9.17, 15) is 9.18 Å². The largest absolute Gasteiger partial charge is 0.493 e. The number of hydrogen-bond donors (Lipinski definition) is 1. The topological polar surface area (TPSA) is 38.3 Å². The van der Waals surface area contributed by atoms with E-state index >= 15 is 0 Å². The van der Waals surface area contributed by atoms with Crippen molar-refractivity contribution in [1.82, 2.24) is 0 Å². The third kappa shape index (κ3) is 3.08. The van der Waals surface area contributed by atoms with Crippen LogP contribution >= 0.6 is 11.6 Å². The molecule has 2 aromatic carbocycles. The number of ether oxygens (including phenoxy) is 1. The minimum Gasteiger partial charge on any atom is -0.493 e. The average Bonchev–Trinajstić information content (AvgIpc) is 2.45. The summed E-state index contributed by atoms with van der Waals surface area (Å²) in [6.45, 7) is 2.27. The van der Waals surface area contributed by atoms with E-state index in [1.54, 1.807) is 30.3 Å². The van der Waals surface area contributed by atoms with Gasteiger partial charge in [-0.05, 0) is 31.2 Å². The van der Waals surface area contributed by atoms with Crippen molar-refractivity contribution in [2.75, 3.05) is 11.9 Å². The maximum Gasteiger partial charge on any atom is 0.259 e. The average molecular weight is 294 g/mol. The van der Waals surface area contributed by atoms with Crippen LogP contribution in [0.4, 0.5) is 10.1 Å². The lowest BCUT2D eigenvalue weighted by Crippen LogP contribution is -2.14. The number of para-hydroxylation sites is 1. The Hall–Kier alpha value is -2.07. The predicted octanol–water partition coefficient (Wildman–Crippen LogP) is 4.13. The van der Waals surface area contributed by atoms with Gasteiger partial charge in [-0.3, -0.25) is 4.79 Å². The van der Waals surface area contributed by atoms with Gasteiger partial charge in [0.25, 0.3) is 5.91 Å². The van der Waals surface area contributed by atoms with Gasteiger partial charge < -0.3 is 10.1 Å². The molecule has 0 bridgehead atoms. The Bertz CT molecular complexity index is 631. The van der Waals surface area contributed by atoms with Crippen molar-refractivity contribution in [2.45, 2.75) is 6.92 Å². The summed E-state index contributed by atoms with van der Waals surface area (Å²) in [7, 11) is 0. The van der Waals surface area contributed by atoms with Crippen molar-refractivity contribution in [3.05, 3.63) is 58.9 Å². The van der Waals surface area contributed by atoms with E-state index in [-0.39, 0.29) is 10.7 Å². The molecular weight excluding hydrogens is 281 g/mol. The molecule has 0 aliphatic heterocycles. The van der Waals surface area contributed by atoms with Crippen molar-refractivity contribution >= 4 is 23.2 Å². The molecular formula is C15H13ClFNO2. The lowest BCUT2D eigenvalue weighted by Gasteiger charge is -2.11. The van der Waals surface area contributed by atoms with Crippen LogP contribution in [0.5, 0.6) is 5.75 Å². The van der Waals surface area contributed by atoms with Gasteiger partial charge in [-0.25, -0.2) is 4.39 Å². The van der Waals surface area contributed by atoms with E-state index in [1.165, 1.54) is 12.1 Å². The first-order valence-electron chi connectivity index (χ1n) is 6.10. The molecule has 0 saturated carbocycles. The number of carbonyl (C=O) groups is 1. The summed E-state index contributed by atoms with van der Waals surface area (Å²) in [6.07, 6.45) is 0. The molecule has 0 atom stereocenters. The molecule has 2 rings (SSSR count). The molecule has 1 amide bonds. The molecule has 0 aliphatic rings. The Morgan fingerprint density at radius 3 is 2.75 bits per heavy atom.